The number of nitrogens with zero attached hydrogens (tertiary/aromatic N) is 3. The first-order chi connectivity index (χ1) is 7.59. The van der Waals surface area contributed by atoms with Gasteiger partial charge in [-0.25, -0.2) is 9.07 Å². The first-order valence-corrected chi connectivity index (χ1v) is 5.61. The third-order valence-electron chi connectivity index (χ3n) is 1.90. The van der Waals surface area contributed by atoms with Gasteiger partial charge in [0.2, 0.25) is 0 Å². The summed E-state index contributed by atoms with van der Waals surface area (Å²) in [4.78, 5) is 11.1. The molecule has 0 aliphatic carbocycles. The normalized spacial score (nSPS) is 10.4. The molecule has 0 aliphatic rings. The summed E-state index contributed by atoms with van der Waals surface area (Å²) in [6.07, 6.45) is 3.02. The SMILES string of the molecule is O=C(Cl)c1cc(F)cc(-n2ccnn2)c1I. The molecule has 0 saturated heterocycles. The average molecular weight is 352 g/mol. The van der Waals surface area contributed by atoms with Crippen molar-refractivity contribution in [2.75, 3.05) is 0 Å². The van der Waals surface area contributed by atoms with E-state index in [4.69, 9.17) is 11.6 Å². The third kappa shape index (κ3) is 2.07. The van der Waals surface area contributed by atoms with E-state index in [1.807, 2.05) is 22.6 Å². The summed E-state index contributed by atoms with van der Waals surface area (Å²) in [7, 11) is 0. The van der Waals surface area contributed by atoms with Gasteiger partial charge in [0.15, 0.2) is 0 Å². The summed E-state index contributed by atoms with van der Waals surface area (Å²) in [6, 6.07) is 2.36. The molecule has 4 nitrogen and oxygen atoms in total. The van der Waals surface area contributed by atoms with Crippen LogP contribution >= 0.6 is 34.2 Å². The summed E-state index contributed by atoms with van der Waals surface area (Å²) < 4.78 is 15.2. The van der Waals surface area contributed by atoms with Crippen molar-refractivity contribution < 1.29 is 9.18 Å². The van der Waals surface area contributed by atoms with Crippen LogP contribution in [0.15, 0.2) is 24.5 Å². The monoisotopic (exact) mass is 351 g/mol. The lowest BCUT2D eigenvalue weighted by atomic mass is 10.2. The number of carbonyl (C=O) groups excluding carboxylic acids is 1. The molecule has 0 spiro atoms. The van der Waals surface area contributed by atoms with E-state index in [2.05, 4.69) is 10.3 Å². The zero-order valence-corrected chi connectivity index (χ0v) is 10.6. The van der Waals surface area contributed by atoms with Crippen LogP contribution in [0.5, 0.6) is 0 Å². The molecule has 2 aromatic rings. The van der Waals surface area contributed by atoms with Gasteiger partial charge in [-0.05, 0) is 40.3 Å². The summed E-state index contributed by atoms with van der Waals surface area (Å²) in [5.74, 6) is -0.546. The molecular weight excluding hydrogens is 347 g/mol. The van der Waals surface area contributed by atoms with Crippen LogP contribution in [0, 0.1) is 9.39 Å². The van der Waals surface area contributed by atoms with Crippen molar-refractivity contribution in [3.8, 4) is 5.69 Å². The second-order valence-electron chi connectivity index (χ2n) is 2.91. The van der Waals surface area contributed by atoms with E-state index in [1.165, 1.54) is 16.9 Å². The molecule has 0 aliphatic heterocycles. The van der Waals surface area contributed by atoms with E-state index < -0.39 is 11.1 Å². The van der Waals surface area contributed by atoms with Gasteiger partial charge in [-0.3, -0.25) is 4.79 Å². The first-order valence-electron chi connectivity index (χ1n) is 4.15. The van der Waals surface area contributed by atoms with Crippen molar-refractivity contribution in [2.24, 2.45) is 0 Å². The number of hydrogen-bond donors (Lipinski definition) is 0. The molecule has 82 valence electrons. The summed E-state index contributed by atoms with van der Waals surface area (Å²) in [6.45, 7) is 0. The molecule has 0 atom stereocenters. The second kappa shape index (κ2) is 4.46. The lowest BCUT2D eigenvalue weighted by Crippen LogP contribution is -2.04. The second-order valence-corrected chi connectivity index (χ2v) is 4.33. The molecule has 1 aromatic carbocycles. The number of rotatable bonds is 2. The maximum Gasteiger partial charge on any atom is 0.253 e. The summed E-state index contributed by atoms with van der Waals surface area (Å²) in [5.41, 5.74) is 0.551. The van der Waals surface area contributed by atoms with E-state index in [-0.39, 0.29) is 5.56 Å². The van der Waals surface area contributed by atoms with Gasteiger partial charge in [0.1, 0.15) is 5.82 Å². The van der Waals surface area contributed by atoms with Gasteiger partial charge in [0, 0.05) is 6.07 Å². The molecule has 0 bridgehead atoms. The van der Waals surface area contributed by atoms with Crippen molar-refractivity contribution in [3.05, 3.63) is 39.5 Å². The lowest BCUT2D eigenvalue weighted by molar-refractivity contribution is 0.108. The Morgan fingerprint density at radius 2 is 2.25 bits per heavy atom. The molecule has 0 unspecified atom stereocenters. The summed E-state index contributed by atoms with van der Waals surface area (Å²) in [5, 5.41) is 6.64. The molecule has 2 rings (SSSR count). The van der Waals surface area contributed by atoms with Crippen LogP contribution in [0.1, 0.15) is 10.4 Å². The maximum absolute atomic E-state index is 13.3. The van der Waals surface area contributed by atoms with Crippen molar-refractivity contribution >= 4 is 39.4 Å². The van der Waals surface area contributed by atoms with E-state index >= 15 is 0 Å². The Balaban J connectivity index is 2.67. The van der Waals surface area contributed by atoms with Crippen LogP contribution in [0.2, 0.25) is 0 Å². The van der Waals surface area contributed by atoms with Crippen LogP contribution in [0.25, 0.3) is 5.69 Å². The number of halogens is 3. The highest BCUT2D eigenvalue weighted by molar-refractivity contribution is 14.1. The minimum absolute atomic E-state index is 0.118. The molecule has 16 heavy (non-hydrogen) atoms. The molecular formula is C9H4ClFIN3O. The third-order valence-corrected chi connectivity index (χ3v) is 3.24. The molecule has 0 radical (unpaired) electrons. The molecule has 0 N–H and O–H groups in total. The van der Waals surface area contributed by atoms with E-state index in [9.17, 15) is 9.18 Å². The fourth-order valence-electron chi connectivity index (χ4n) is 1.22. The Bertz CT molecular complexity index is 544. The Labute approximate surface area is 109 Å². The topological polar surface area (TPSA) is 47.8 Å². The Morgan fingerprint density at radius 1 is 1.50 bits per heavy atom. The highest BCUT2D eigenvalue weighted by atomic mass is 127. The predicted molar refractivity (Wildman–Crippen MR) is 64.2 cm³/mol. The zero-order valence-electron chi connectivity index (χ0n) is 7.69. The highest BCUT2D eigenvalue weighted by Crippen LogP contribution is 2.23. The standard InChI is InChI=1S/C9H4ClFIN3O/c10-9(16)6-3-5(11)4-7(8(6)12)15-2-1-13-14-15/h1-4H. The fraction of sp³-hybridized carbons (Fsp3) is 0. The van der Waals surface area contributed by atoms with Crippen molar-refractivity contribution in [1.82, 2.24) is 15.0 Å². The molecule has 0 fully saturated rings. The number of aromatic nitrogens is 3. The fourth-order valence-corrected chi connectivity index (χ4v) is 2.33. The molecule has 0 saturated carbocycles. The average Bonchev–Trinajstić information content (AvgIpc) is 2.73. The number of hydrogen-bond acceptors (Lipinski definition) is 3. The molecule has 1 heterocycles. The Hall–Kier alpha value is -1.02. The van der Waals surface area contributed by atoms with Gasteiger partial charge in [0.05, 0.1) is 27.2 Å². The van der Waals surface area contributed by atoms with Crippen LogP contribution in [0.3, 0.4) is 0 Å². The van der Waals surface area contributed by atoms with Crippen molar-refractivity contribution in [2.45, 2.75) is 0 Å². The van der Waals surface area contributed by atoms with Crippen molar-refractivity contribution in [3.63, 3.8) is 0 Å². The maximum atomic E-state index is 13.3. The van der Waals surface area contributed by atoms with Gasteiger partial charge in [-0.15, -0.1) is 5.10 Å². The highest BCUT2D eigenvalue weighted by Gasteiger charge is 2.15. The van der Waals surface area contributed by atoms with Crippen LogP contribution < -0.4 is 0 Å². The minimum Gasteiger partial charge on any atom is -0.276 e. The van der Waals surface area contributed by atoms with Crippen molar-refractivity contribution in [1.29, 1.82) is 0 Å². The lowest BCUT2D eigenvalue weighted by Gasteiger charge is -2.07. The smallest absolute Gasteiger partial charge is 0.253 e. The van der Waals surface area contributed by atoms with E-state index in [0.29, 0.717) is 9.26 Å². The van der Waals surface area contributed by atoms with E-state index in [1.54, 1.807) is 6.20 Å². The zero-order chi connectivity index (χ0) is 11.7. The quantitative estimate of drug-likeness (QED) is 0.617. The minimum atomic E-state index is -0.703. The van der Waals surface area contributed by atoms with Gasteiger partial charge < -0.3 is 0 Å². The van der Waals surface area contributed by atoms with Gasteiger partial charge in [-0.2, -0.15) is 0 Å². The van der Waals surface area contributed by atoms with Crippen LogP contribution in [-0.2, 0) is 0 Å². The van der Waals surface area contributed by atoms with E-state index in [0.717, 1.165) is 6.07 Å². The number of benzene rings is 1. The van der Waals surface area contributed by atoms with Crippen LogP contribution in [-0.4, -0.2) is 20.2 Å². The summed E-state index contributed by atoms with van der Waals surface area (Å²) >= 11 is 7.27. The van der Waals surface area contributed by atoms with Crippen LogP contribution in [0.4, 0.5) is 4.39 Å². The molecule has 1 aromatic heterocycles. The number of carbonyl (C=O) groups is 1. The largest absolute Gasteiger partial charge is 0.276 e. The van der Waals surface area contributed by atoms with Gasteiger partial charge >= 0.3 is 0 Å². The first kappa shape index (κ1) is 11.5. The Kier molecular flexibility index (Phi) is 3.20. The molecule has 7 heteroatoms. The van der Waals surface area contributed by atoms with Gasteiger partial charge in [-0.1, -0.05) is 5.21 Å². The Morgan fingerprint density at radius 3 is 2.81 bits per heavy atom. The van der Waals surface area contributed by atoms with Gasteiger partial charge in [0.25, 0.3) is 5.24 Å². The molecule has 0 amide bonds. The predicted octanol–water partition coefficient (Wildman–Crippen LogP) is 2.39.